The molecule has 0 unspecified atom stereocenters. The van der Waals surface area contributed by atoms with Gasteiger partial charge in [-0.3, -0.25) is 4.98 Å². The van der Waals surface area contributed by atoms with E-state index in [1.54, 1.807) is 19.5 Å². The highest BCUT2D eigenvalue weighted by Crippen LogP contribution is 2.20. The Balaban J connectivity index is 1.90. The Morgan fingerprint density at radius 2 is 2.08 bits per heavy atom. The predicted molar refractivity (Wildman–Crippen MR) is 90.9 cm³/mol. The first-order valence-corrected chi connectivity index (χ1v) is 8.45. The van der Waals surface area contributed by atoms with Crippen molar-refractivity contribution in [3.05, 3.63) is 18.1 Å². The molecule has 7 nitrogen and oxygen atoms in total. The second-order valence-electron chi connectivity index (χ2n) is 6.97. The summed E-state index contributed by atoms with van der Waals surface area (Å²) in [5.74, 6) is 0.526. The first kappa shape index (κ1) is 18.4. The second-order valence-corrected chi connectivity index (χ2v) is 6.97. The van der Waals surface area contributed by atoms with E-state index in [-0.39, 0.29) is 12.1 Å². The third kappa shape index (κ3) is 5.33. The minimum absolute atomic E-state index is 0.135. The molecule has 24 heavy (non-hydrogen) atoms. The van der Waals surface area contributed by atoms with Crippen LogP contribution in [0.3, 0.4) is 0 Å². The van der Waals surface area contributed by atoms with E-state index in [0.29, 0.717) is 19.0 Å². The lowest BCUT2D eigenvalue weighted by atomic mass is 10.0. The molecule has 7 heteroatoms. The molecule has 1 aliphatic rings. The molecule has 134 valence electrons. The van der Waals surface area contributed by atoms with Crippen LogP contribution in [0.4, 0.5) is 4.79 Å². The van der Waals surface area contributed by atoms with Gasteiger partial charge in [-0.2, -0.15) is 0 Å². The van der Waals surface area contributed by atoms with Crippen LogP contribution in [-0.2, 0) is 11.3 Å². The molecule has 0 spiro atoms. The third-order valence-electron chi connectivity index (χ3n) is 3.86. The van der Waals surface area contributed by atoms with Gasteiger partial charge in [-0.05, 0) is 40.0 Å². The first-order valence-electron chi connectivity index (χ1n) is 8.45. The zero-order chi connectivity index (χ0) is 17.6. The van der Waals surface area contributed by atoms with Gasteiger partial charge in [0, 0.05) is 38.1 Å². The van der Waals surface area contributed by atoms with Crippen molar-refractivity contribution in [2.24, 2.45) is 0 Å². The molecule has 1 aromatic rings. The van der Waals surface area contributed by atoms with E-state index >= 15 is 0 Å². The molecule has 1 fully saturated rings. The Morgan fingerprint density at radius 3 is 2.79 bits per heavy atom. The summed E-state index contributed by atoms with van der Waals surface area (Å²) < 4.78 is 10.7. The van der Waals surface area contributed by atoms with Crippen LogP contribution >= 0.6 is 0 Å². The zero-order valence-electron chi connectivity index (χ0n) is 15.0. The number of methoxy groups -OCH3 is 1. The van der Waals surface area contributed by atoms with Crippen LogP contribution in [0, 0.1) is 0 Å². The van der Waals surface area contributed by atoms with Crippen molar-refractivity contribution >= 4 is 6.09 Å². The number of nitrogens with one attached hydrogen (secondary N) is 1. The maximum atomic E-state index is 12.4. The molecule has 2 heterocycles. The van der Waals surface area contributed by atoms with Crippen molar-refractivity contribution in [2.75, 3.05) is 20.2 Å². The summed E-state index contributed by atoms with van der Waals surface area (Å²) in [4.78, 5) is 22.7. The number of amides is 1. The van der Waals surface area contributed by atoms with Crippen molar-refractivity contribution in [3.8, 4) is 5.88 Å². The molecular weight excluding hydrogens is 308 g/mol. The molecule has 0 aromatic carbocycles. The molecule has 1 N–H and O–H groups in total. The van der Waals surface area contributed by atoms with Crippen LogP contribution in [0.15, 0.2) is 12.4 Å². The average Bonchev–Trinajstić information content (AvgIpc) is 2.54. The minimum atomic E-state index is -0.473. The fourth-order valence-electron chi connectivity index (χ4n) is 2.78. The number of nitrogens with zero attached hydrogens (tertiary/aromatic N) is 3. The molecule has 0 radical (unpaired) electrons. The Bertz CT molecular complexity index is 545. The highest BCUT2D eigenvalue weighted by Gasteiger charge is 2.30. The van der Waals surface area contributed by atoms with Crippen molar-refractivity contribution in [1.29, 1.82) is 0 Å². The number of aromatic nitrogens is 2. The van der Waals surface area contributed by atoms with Crippen LogP contribution in [0.25, 0.3) is 0 Å². The molecule has 0 saturated carbocycles. The topological polar surface area (TPSA) is 76.6 Å². The van der Waals surface area contributed by atoms with E-state index in [0.717, 1.165) is 31.5 Å². The van der Waals surface area contributed by atoms with E-state index in [4.69, 9.17) is 9.47 Å². The van der Waals surface area contributed by atoms with Crippen molar-refractivity contribution in [3.63, 3.8) is 0 Å². The fraction of sp³-hybridized carbons (Fsp3) is 0.706. The smallest absolute Gasteiger partial charge is 0.410 e. The molecule has 0 bridgehead atoms. The molecule has 1 saturated heterocycles. The summed E-state index contributed by atoms with van der Waals surface area (Å²) in [7, 11) is 1.58. The summed E-state index contributed by atoms with van der Waals surface area (Å²) in [6, 6.07) is 0.135. The highest BCUT2D eigenvalue weighted by atomic mass is 16.6. The van der Waals surface area contributed by atoms with Gasteiger partial charge < -0.3 is 19.7 Å². The fourth-order valence-corrected chi connectivity index (χ4v) is 2.78. The van der Waals surface area contributed by atoms with Crippen molar-refractivity contribution in [1.82, 2.24) is 20.2 Å². The van der Waals surface area contributed by atoms with Crippen LogP contribution < -0.4 is 10.1 Å². The van der Waals surface area contributed by atoms with Gasteiger partial charge in [-0.25, -0.2) is 9.78 Å². The molecular formula is C17H28N4O3. The second kappa shape index (κ2) is 8.28. The summed E-state index contributed by atoms with van der Waals surface area (Å²) in [5, 5.41) is 3.36. The van der Waals surface area contributed by atoms with Crippen LogP contribution in [-0.4, -0.2) is 52.8 Å². The van der Waals surface area contributed by atoms with Gasteiger partial charge in [-0.1, -0.05) is 0 Å². The maximum Gasteiger partial charge on any atom is 0.410 e. The normalized spacial score (nSPS) is 18.3. The van der Waals surface area contributed by atoms with E-state index in [1.807, 2.05) is 25.7 Å². The van der Waals surface area contributed by atoms with Gasteiger partial charge in [0.15, 0.2) is 0 Å². The molecule has 2 rings (SSSR count). The lowest BCUT2D eigenvalue weighted by molar-refractivity contribution is 0.00992. The Hall–Kier alpha value is -1.89. The molecule has 1 aromatic heterocycles. The zero-order valence-corrected chi connectivity index (χ0v) is 15.0. The van der Waals surface area contributed by atoms with Crippen molar-refractivity contribution in [2.45, 2.75) is 58.2 Å². The monoisotopic (exact) mass is 336 g/mol. The van der Waals surface area contributed by atoms with Crippen LogP contribution in [0.2, 0.25) is 0 Å². The Labute approximate surface area is 143 Å². The molecule has 1 atom stereocenters. The quantitative estimate of drug-likeness (QED) is 0.889. The summed E-state index contributed by atoms with van der Waals surface area (Å²) in [6.07, 6.45) is 6.14. The van der Waals surface area contributed by atoms with E-state index in [1.165, 1.54) is 0 Å². The van der Waals surface area contributed by atoms with Crippen LogP contribution in [0.1, 0.15) is 45.7 Å². The van der Waals surface area contributed by atoms with E-state index in [2.05, 4.69) is 15.3 Å². The highest BCUT2D eigenvalue weighted by molar-refractivity contribution is 5.68. The first-order chi connectivity index (χ1) is 11.4. The number of carbonyl (C=O) groups excluding carboxylic acids is 1. The van der Waals surface area contributed by atoms with E-state index < -0.39 is 5.60 Å². The van der Waals surface area contributed by atoms with Gasteiger partial charge in [0.2, 0.25) is 5.88 Å². The predicted octanol–water partition coefficient (Wildman–Crippen LogP) is 2.36. The maximum absolute atomic E-state index is 12.4. The molecule has 1 aliphatic heterocycles. The average molecular weight is 336 g/mol. The number of hydrogen-bond acceptors (Lipinski definition) is 6. The van der Waals surface area contributed by atoms with Gasteiger partial charge in [0.25, 0.3) is 0 Å². The number of hydrogen-bond donors (Lipinski definition) is 1. The SMILES string of the molecule is COc1nccnc1CNC[C@@H]1CCCCN1C(=O)OC(C)(C)C. The van der Waals surface area contributed by atoms with Gasteiger partial charge in [0.05, 0.1) is 7.11 Å². The largest absolute Gasteiger partial charge is 0.480 e. The third-order valence-corrected chi connectivity index (χ3v) is 3.86. The van der Waals surface area contributed by atoms with Gasteiger partial charge in [0.1, 0.15) is 11.3 Å². The number of ether oxygens (including phenoxy) is 2. The number of likely N-dealkylation sites (tertiary alicyclic amines) is 1. The summed E-state index contributed by atoms with van der Waals surface area (Å²) in [6.45, 7) is 7.66. The molecule has 0 aliphatic carbocycles. The van der Waals surface area contributed by atoms with Gasteiger partial charge >= 0.3 is 6.09 Å². The minimum Gasteiger partial charge on any atom is -0.480 e. The lowest BCUT2D eigenvalue weighted by Gasteiger charge is -2.36. The lowest BCUT2D eigenvalue weighted by Crippen LogP contribution is -2.50. The van der Waals surface area contributed by atoms with Crippen LogP contribution in [0.5, 0.6) is 5.88 Å². The summed E-state index contributed by atoms with van der Waals surface area (Å²) >= 11 is 0. The molecule has 1 amide bonds. The number of rotatable bonds is 5. The van der Waals surface area contributed by atoms with Gasteiger partial charge in [-0.15, -0.1) is 0 Å². The number of carbonyl (C=O) groups is 1. The Morgan fingerprint density at radius 1 is 1.33 bits per heavy atom. The van der Waals surface area contributed by atoms with E-state index in [9.17, 15) is 4.79 Å². The van der Waals surface area contributed by atoms with Crippen molar-refractivity contribution < 1.29 is 14.3 Å². The number of piperidine rings is 1. The Kier molecular flexibility index (Phi) is 6.36. The summed E-state index contributed by atoms with van der Waals surface area (Å²) in [5.41, 5.74) is 0.291. The standard InChI is InChI=1S/C17H28N4O3/c1-17(2,3)24-16(22)21-10-6-5-7-13(21)11-18-12-14-15(23-4)20-9-8-19-14/h8-9,13,18H,5-7,10-12H2,1-4H3/t13-/m0/s1.